The number of aromatic amines is 1. The fourth-order valence-corrected chi connectivity index (χ4v) is 1.85. The van der Waals surface area contributed by atoms with E-state index in [-0.39, 0.29) is 24.6 Å². The highest BCUT2D eigenvalue weighted by Crippen LogP contribution is 2.31. The summed E-state index contributed by atoms with van der Waals surface area (Å²) in [5.74, 6) is -0.490. The summed E-state index contributed by atoms with van der Waals surface area (Å²) in [6.07, 6.45) is -5.54. The summed E-state index contributed by atoms with van der Waals surface area (Å²) < 4.78 is 42.9. The van der Waals surface area contributed by atoms with E-state index in [0.29, 0.717) is 5.69 Å². The van der Waals surface area contributed by atoms with E-state index in [4.69, 9.17) is 4.74 Å². The SMILES string of the molecule is Cc1cc(C(=O)NCC(O)COc2cccc(C(F)(F)F)c2)n[nH]1. The van der Waals surface area contributed by atoms with E-state index in [0.717, 1.165) is 12.1 Å². The third-order valence-electron chi connectivity index (χ3n) is 3.04. The van der Waals surface area contributed by atoms with Crippen LogP contribution in [-0.4, -0.2) is 40.5 Å². The van der Waals surface area contributed by atoms with Crippen LogP contribution in [0.25, 0.3) is 0 Å². The molecule has 0 fully saturated rings. The average molecular weight is 343 g/mol. The average Bonchev–Trinajstić information content (AvgIpc) is 2.96. The lowest BCUT2D eigenvalue weighted by molar-refractivity contribution is -0.137. The quantitative estimate of drug-likeness (QED) is 0.748. The van der Waals surface area contributed by atoms with Gasteiger partial charge in [-0.05, 0) is 31.2 Å². The van der Waals surface area contributed by atoms with Gasteiger partial charge in [-0.3, -0.25) is 9.89 Å². The predicted molar refractivity (Wildman–Crippen MR) is 78.6 cm³/mol. The molecule has 2 rings (SSSR count). The largest absolute Gasteiger partial charge is 0.491 e. The minimum atomic E-state index is -4.46. The van der Waals surface area contributed by atoms with Crippen LogP contribution in [0.3, 0.4) is 0 Å². The van der Waals surface area contributed by atoms with Crippen molar-refractivity contribution in [3.8, 4) is 5.75 Å². The van der Waals surface area contributed by atoms with Crippen LogP contribution in [0.1, 0.15) is 21.7 Å². The normalized spacial score (nSPS) is 12.7. The van der Waals surface area contributed by atoms with Gasteiger partial charge in [0.05, 0.1) is 5.56 Å². The molecule has 0 spiro atoms. The number of aliphatic hydroxyl groups excluding tert-OH is 1. The molecule has 2 aromatic rings. The number of ether oxygens (including phenoxy) is 1. The molecule has 1 aromatic heterocycles. The molecule has 1 amide bonds. The molecule has 0 aliphatic heterocycles. The van der Waals surface area contributed by atoms with E-state index in [9.17, 15) is 23.1 Å². The zero-order valence-electron chi connectivity index (χ0n) is 12.7. The van der Waals surface area contributed by atoms with Crippen molar-refractivity contribution < 1.29 is 27.8 Å². The van der Waals surface area contributed by atoms with Gasteiger partial charge in [0.25, 0.3) is 5.91 Å². The number of aliphatic hydroxyl groups is 1. The lowest BCUT2D eigenvalue weighted by atomic mass is 10.2. The van der Waals surface area contributed by atoms with E-state index >= 15 is 0 Å². The van der Waals surface area contributed by atoms with Crippen LogP contribution in [0.15, 0.2) is 30.3 Å². The van der Waals surface area contributed by atoms with Crippen molar-refractivity contribution in [3.63, 3.8) is 0 Å². The summed E-state index contributed by atoms with van der Waals surface area (Å²) in [4.78, 5) is 11.7. The molecule has 1 heterocycles. The molecule has 0 aliphatic rings. The Morgan fingerprint density at radius 2 is 2.17 bits per heavy atom. The Kier molecular flexibility index (Phi) is 5.45. The van der Waals surface area contributed by atoms with Gasteiger partial charge >= 0.3 is 6.18 Å². The maximum absolute atomic E-state index is 12.6. The predicted octanol–water partition coefficient (Wildman–Crippen LogP) is 1.91. The lowest BCUT2D eigenvalue weighted by Gasteiger charge is -2.14. The van der Waals surface area contributed by atoms with Gasteiger partial charge in [-0.15, -0.1) is 0 Å². The first-order valence-corrected chi connectivity index (χ1v) is 7.04. The van der Waals surface area contributed by atoms with Crippen molar-refractivity contribution in [3.05, 3.63) is 47.3 Å². The Labute approximate surface area is 135 Å². The molecule has 3 N–H and O–H groups in total. The Morgan fingerprint density at radius 3 is 2.79 bits per heavy atom. The minimum absolute atomic E-state index is 0.0156. The number of nitrogens with one attached hydrogen (secondary N) is 2. The highest BCUT2D eigenvalue weighted by Gasteiger charge is 2.30. The van der Waals surface area contributed by atoms with Crippen molar-refractivity contribution in [2.45, 2.75) is 19.2 Å². The third-order valence-corrected chi connectivity index (χ3v) is 3.04. The molecule has 0 bridgehead atoms. The number of carbonyl (C=O) groups excluding carboxylic acids is 1. The number of nitrogens with zero attached hydrogens (tertiary/aromatic N) is 1. The molecule has 0 saturated heterocycles. The molecule has 9 heteroatoms. The van der Waals surface area contributed by atoms with Crippen LogP contribution < -0.4 is 10.1 Å². The van der Waals surface area contributed by atoms with E-state index in [2.05, 4.69) is 15.5 Å². The van der Waals surface area contributed by atoms with Gasteiger partial charge in [0, 0.05) is 12.2 Å². The zero-order valence-corrected chi connectivity index (χ0v) is 12.7. The van der Waals surface area contributed by atoms with Crippen LogP contribution in [0, 0.1) is 6.92 Å². The molecule has 0 aliphatic carbocycles. The number of H-pyrrole nitrogens is 1. The van der Waals surface area contributed by atoms with E-state index < -0.39 is 23.8 Å². The fourth-order valence-electron chi connectivity index (χ4n) is 1.85. The molecule has 1 unspecified atom stereocenters. The van der Waals surface area contributed by atoms with Crippen LogP contribution in [0.2, 0.25) is 0 Å². The molecule has 1 atom stereocenters. The molecule has 0 radical (unpaired) electrons. The molecule has 130 valence electrons. The minimum Gasteiger partial charge on any atom is -0.491 e. The molecule has 1 aromatic carbocycles. The Balaban J connectivity index is 1.81. The van der Waals surface area contributed by atoms with Crippen LogP contribution in [0.5, 0.6) is 5.75 Å². The first kappa shape index (κ1) is 17.8. The molecular weight excluding hydrogens is 327 g/mol. The number of hydrogen-bond acceptors (Lipinski definition) is 4. The summed E-state index contributed by atoms with van der Waals surface area (Å²) >= 11 is 0. The van der Waals surface area contributed by atoms with E-state index in [1.54, 1.807) is 13.0 Å². The van der Waals surface area contributed by atoms with Gasteiger partial charge in [0.15, 0.2) is 0 Å². The third kappa shape index (κ3) is 4.98. The summed E-state index contributed by atoms with van der Waals surface area (Å²) in [6, 6.07) is 5.88. The van der Waals surface area contributed by atoms with Crippen LogP contribution >= 0.6 is 0 Å². The number of halogens is 3. The standard InChI is InChI=1S/C15H16F3N3O3/c1-9-5-13(21-20-9)14(23)19-7-11(22)8-24-12-4-2-3-10(6-12)15(16,17)18/h2-6,11,22H,7-8H2,1H3,(H,19,23)(H,20,21). The summed E-state index contributed by atoms with van der Waals surface area (Å²) in [5, 5.41) is 18.6. The monoisotopic (exact) mass is 343 g/mol. The number of aromatic nitrogens is 2. The topological polar surface area (TPSA) is 87.2 Å². The number of carbonyl (C=O) groups is 1. The number of benzene rings is 1. The number of aryl methyl sites for hydroxylation is 1. The summed E-state index contributed by atoms with van der Waals surface area (Å²) in [5.41, 5.74) is 0.0590. The second-order valence-electron chi connectivity index (χ2n) is 5.14. The van der Waals surface area contributed by atoms with Crippen LogP contribution in [0.4, 0.5) is 13.2 Å². The molecule has 6 nitrogen and oxygen atoms in total. The van der Waals surface area contributed by atoms with Gasteiger partial charge in [-0.25, -0.2) is 0 Å². The Morgan fingerprint density at radius 1 is 1.42 bits per heavy atom. The number of alkyl halides is 3. The smallest absolute Gasteiger partial charge is 0.416 e. The second-order valence-corrected chi connectivity index (χ2v) is 5.14. The van der Waals surface area contributed by atoms with Crippen molar-refractivity contribution >= 4 is 5.91 Å². The van der Waals surface area contributed by atoms with Gasteiger partial charge in [0.1, 0.15) is 24.2 Å². The molecule has 24 heavy (non-hydrogen) atoms. The number of hydrogen-bond donors (Lipinski definition) is 3. The van der Waals surface area contributed by atoms with E-state index in [1.165, 1.54) is 12.1 Å². The van der Waals surface area contributed by atoms with Crippen LogP contribution in [-0.2, 0) is 6.18 Å². The maximum atomic E-state index is 12.6. The van der Waals surface area contributed by atoms with Crippen molar-refractivity contribution in [2.75, 3.05) is 13.2 Å². The van der Waals surface area contributed by atoms with Gasteiger partial charge in [-0.2, -0.15) is 18.3 Å². The fraction of sp³-hybridized carbons (Fsp3) is 0.333. The Hall–Kier alpha value is -2.55. The lowest BCUT2D eigenvalue weighted by Crippen LogP contribution is -2.35. The second kappa shape index (κ2) is 7.35. The first-order valence-electron chi connectivity index (χ1n) is 7.04. The number of amides is 1. The van der Waals surface area contributed by atoms with Gasteiger partial charge < -0.3 is 15.2 Å². The summed E-state index contributed by atoms with van der Waals surface area (Å²) in [6.45, 7) is 1.35. The van der Waals surface area contributed by atoms with Crippen molar-refractivity contribution in [1.82, 2.24) is 15.5 Å². The molecular formula is C15H16F3N3O3. The highest BCUT2D eigenvalue weighted by atomic mass is 19.4. The summed E-state index contributed by atoms with van der Waals surface area (Å²) in [7, 11) is 0. The zero-order chi connectivity index (χ0) is 17.7. The Bertz CT molecular complexity index is 701. The number of rotatable bonds is 6. The van der Waals surface area contributed by atoms with Crippen molar-refractivity contribution in [2.24, 2.45) is 0 Å². The first-order chi connectivity index (χ1) is 11.3. The highest BCUT2D eigenvalue weighted by molar-refractivity contribution is 5.92. The van der Waals surface area contributed by atoms with Crippen molar-refractivity contribution in [1.29, 1.82) is 0 Å². The van der Waals surface area contributed by atoms with Gasteiger partial charge in [-0.1, -0.05) is 6.07 Å². The maximum Gasteiger partial charge on any atom is 0.416 e. The van der Waals surface area contributed by atoms with E-state index in [1.807, 2.05) is 0 Å². The van der Waals surface area contributed by atoms with Gasteiger partial charge in [0.2, 0.25) is 0 Å². The molecule has 0 saturated carbocycles.